The van der Waals surface area contributed by atoms with Crippen molar-refractivity contribution in [1.82, 2.24) is 0 Å². The fourth-order valence-electron chi connectivity index (χ4n) is 4.84. The molecule has 0 nitrogen and oxygen atoms in total. The zero-order valence-corrected chi connectivity index (χ0v) is 14.0. The third kappa shape index (κ3) is 1.52. The van der Waals surface area contributed by atoms with E-state index in [4.69, 9.17) is 0 Å². The van der Waals surface area contributed by atoms with E-state index < -0.39 is 0 Å². The van der Waals surface area contributed by atoms with Crippen molar-refractivity contribution >= 4 is 5.57 Å². The Labute approximate surface area is 148 Å². The van der Waals surface area contributed by atoms with Crippen LogP contribution in [0.3, 0.4) is 0 Å². The molecule has 5 rings (SSSR count). The molecule has 0 unspecified atom stereocenters. The molecule has 2 aliphatic carbocycles. The van der Waals surface area contributed by atoms with Crippen LogP contribution >= 0.6 is 0 Å². The Bertz CT molecular complexity index is 1030. The van der Waals surface area contributed by atoms with Crippen molar-refractivity contribution in [3.8, 4) is 11.1 Å². The van der Waals surface area contributed by atoms with Gasteiger partial charge in [0.15, 0.2) is 0 Å². The van der Waals surface area contributed by atoms with Gasteiger partial charge in [-0.3, -0.25) is 0 Å². The summed E-state index contributed by atoms with van der Waals surface area (Å²) in [4.78, 5) is 0. The zero-order valence-electron chi connectivity index (χ0n) is 14.0. The third-order valence-corrected chi connectivity index (χ3v) is 5.68. The van der Waals surface area contributed by atoms with Crippen molar-refractivity contribution in [3.63, 3.8) is 0 Å². The first-order valence-electron chi connectivity index (χ1n) is 8.63. The van der Waals surface area contributed by atoms with E-state index in [1.807, 2.05) is 12.2 Å². The van der Waals surface area contributed by atoms with E-state index in [-0.39, 0.29) is 5.41 Å². The molecular weight excluding hydrogens is 300 g/mol. The second-order valence-corrected chi connectivity index (χ2v) is 6.62. The lowest BCUT2D eigenvalue weighted by Gasteiger charge is -2.31. The van der Waals surface area contributed by atoms with Crippen LogP contribution in [0.25, 0.3) is 16.7 Å². The molecule has 0 atom stereocenters. The van der Waals surface area contributed by atoms with Crippen LogP contribution < -0.4 is 0 Å². The molecule has 0 heteroatoms. The molecule has 0 amide bonds. The highest BCUT2D eigenvalue weighted by atomic mass is 14.5. The summed E-state index contributed by atoms with van der Waals surface area (Å²) < 4.78 is 0. The second-order valence-electron chi connectivity index (χ2n) is 6.62. The first-order valence-corrected chi connectivity index (χ1v) is 8.63. The molecule has 0 fully saturated rings. The Hall–Kier alpha value is -3.12. The van der Waals surface area contributed by atoms with Gasteiger partial charge >= 0.3 is 0 Å². The van der Waals surface area contributed by atoms with Gasteiger partial charge in [-0.05, 0) is 44.5 Å². The highest BCUT2D eigenvalue weighted by molar-refractivity contribution is 5.97. The summed E-state index contributed by atoms with van der Waals surface area (Å²) in [7, 11) is 0. The smallest absolute Gasteiger partial charge is 0.0725 e. The van der Waals surface area contributed by atoms with Crippen LogP contribution in [-0.2, 0) is 5.41 Å². The molecule has 0 saturated heterocycles. The van der Waals surface area contributed by atoms with Crippen molar-refractivity contribution in [2.24, 2.45) is 0 Å². The zero-order chi connectivity index (χ0) is 17.0. The van der Waals surface area contributed by atoms with Crippen LogP contribution in [0.5, 0.6) is 0 Å². The Morgan fingerprint density at radius 1 is 0.560 bits per heavy atom. The minimum atomic E-state index is -0.283. The molecule has 0 N–H and O–H groups in total. The molecule has 3 aromatic rings. The molecule has 0 radical (unpaired) electrons. The first-order chi connectivity index (χ1) is 12.3. The van der Waals surface area contributed by atoms with Crippen molar-refractivity contribution < 1.29 is 0 Å². The summed E-state index contributed by atoms with van der Waals surface area (Å²) in [5.41, 5.74) is 10.1. The summed E-state index contributed by atoms with van der Waals surface area (Å²) in [5.74, 6) is 0. The van der Waals surface area contributed by atoms with E-state index in [9.17, 15) is 0 Å². The third-order valence-electron chi connectivity index (χ3n) is 5.68. The van der Waals surface area contributed by atoms with E-state index in [1.165, 1.54) is 44.5 Å². The monoisotopic (exact) mass is 318 g/mol. The number of fused-ring (bicyclic) bond motifs is 7. The van der Waals surface area contributed by atoms with Crippen molar-refractivity contribution in [2.45, 2.75) is 5.41 Å². The average Bonchev–Trinajstić information content (AvgIpc) is 3.14. The largest absolute Gasteiger partial charge is 0.0987 e. The van der Waals surface area contributed by atoms with Gasteiger partial charge in [-0.1, -0.05) is 98.1 Å². The lowest BCUT2D eigenvalue weighted by Crippen LogP contribution is -2.26. The maximum atomic E-state index is 4.18. The fourth-order valence-corrected chi connectivity index (χ4v) is 4.84. The first kappa shape index (κ1) is 14.2. The summed E-state index contributed by atoms with van der Waals surface area (Å²) >= 11 is 0. The molecule has 3 aromatic carbocycles. The fraction of sp³-hybridized carbons (Fsp3) is 0.0400. The van der Waals surface area contributed by atoms with Crippen LogP contribution in [-0.4, -0.2) is 0 Å². The maximum Gasteiger partial charge on any atom is 0.0725 e. The van der Waals surface area contributed by atoms with Gasteiger partial charge in [-0.2, -0.15) is 0 Å². The van der Waals surface area contributed by atoms with Crippen molar-refractivity contribution in [2.75, 3.05) is 0 Å². The average molecular weight is 318 g/mol. The van der Waals surface area contributed by atoms with Crippen LogP contribution in [0, 0.1) is 0 Å². The molecule has 25 heavy (non-hydrogen) atoms. The lowest BCUT2D eigenvalue weighted by atomic mass is 9.69. The number of allylic oxidation sites excluding steroid dienone is 4. The predicted molar refractivity (Wildman–Crippen MR) is 106 cm³/mol. The second kappa shape index (κ2) is 4.94. The SMILES string of the molecule is C=CC1=C(C=C)C2(c3ccccc31)c1ccccc1-c1ccccc12. The van der Waals surface area contributed by atoms with E-state index in [1.54, 1.807) is 0 Å². The Morgan fingerprint density at radius 3 is 1.48 bits per heavy atom. The molecule has 0 saturated carbocycles. The molecule has 0 aromatic heterocycles. The summed E-state index contributed by atoms with van der Waals surface area (Å²) in [6.45, 7) is 8.28. The number of hydrogen-bond donors (Lipinski definition) is 0. The Balaban J connectivity index is 2.04. The van der Waals surface area contributed by atoms with Crippen molar-refractivity contribution in [3.05, 3.63) is 126 Å². The number of benzene rings is 3. The highest BCUT2D eigenvalue weighted by Gasteiger charge is 2.51. The minimum Gasteiger partial charge on any atom is -0.0987 e. The lowest BCUT2D eigenvalue weighted by molar-refractivity contribution is 0.787. The van der Waals surface area contributed by atoms with Gasteiger partial charge < -0.3 is 0 Å². The van der Waals surface area contributed by atoms with Gasteiger partial charge in [0.25, 0.3) is 0 Å². The molecule has 0 bridgehead atoms. The van der Waals surface area contributed by atoms with Crippen molar-refractivity contribution in [1.29, 1.82) is 0 Å². The van der Waals surface area contributed by atoms with E-state index in [0.29, 0.717) is 0 Å². The minimum absolute atomic E-state index is 0.283. The maximum absolute atomic E-state index is 4.18. The standard InChI is InChI=1S/C25H18/c1-3-17-18-11-5-8-14-22(18)25(21(17)4-2)23-15-9-6-12-19(23)20-13-7-10-16-24(20)25/h3-16H,1-2H2. The van der Waals surface area contributed by atoms with E-state index in [2.05, 4.69) is 86.0 Å². The molecule has 0 heterocycles. The van der Waals surface area contributed by atoms with Gasteiger partial charge in [-0.15, -0.1) is 0 Å². The number of hydrogen-bond acceptors (Lipinski definition) is 0. The molecule has 2 aliphatic rings. The molecule has 0 aliphatic heterocycles. The highest BCUT2D eigenvalue weighted by Crippen LogP contribution is 2.61. The predicted octanol–water partition coefficient (Wildman–Crippen LogP) is 6.14. The van der Waals surface area contributed by atoms with E-state index >= 15 is 0 Å². The van der Waals surface area contributed by atoms with Gasteiger partial charge in [-0.25, -0.2) is 0 Å². The van der Waals surface area contributed by atoms with Crippen LogP contribution in [0.15, 0.2) is 104 Å². The van der Waals surface area contributed by atoms with Gasteiger partial charge in [0.05, 0.1) is 5.41 Å². The molecular formula is C25H18. The van der Waals surface area contributed by atoms with E-state index in [0.717, 1.165) is 0 Å². The molecule has 118 valence electrons. The normalized spacial score (nSPS) is 15.7. The summed E-state index contributed by atoms with van der Waals surface area (Å²) in [5, 5.41) is 0. The van der Waals surface area contributed by atoms with Crippen LogP contribution in [0.2, 0.25) is 0 Å². The number of rotatable bonds is 2. The Morgan fingerprint density at radius 2 is 1.00 bits per heavy atom. The molecule has 1 spiro atoms. The Kier molecular flexibility index (Phi) is 2.81. The van der Waals surface area contributed by atoms with Gasteiger partial charge in [0.2, 0.25) is 0 Å². The van der Waals surface area contributed by atoms with Crippen LogP contribution in [0.1, 0.15) is 22.3 Å². The van der Waals surface area contributed by atoms with Gasteiger partial charge in [0, 0.05) is 0 Å². The quantitative estimate of drug-likeness (QED) is 0.532. The van der Waals surface area contributed by atoms with Gasteiger partial charge in [0.1, 0.15) is 0 Å². The summed E-state index contributed by atoms with van der Waals surface area (Å²) in [6.07, 6.45) is 4.00. The van der Waals surface area contributed by atoms with Crippen LogP contribution in [0.4, 0.5) is 0 Å². The summed E-state index contributed by atoms with van der Waals surface area (Å²) in [6, 6.07) is 26.2. The topological polar surface area (TPSA) is 0 Å².